The molecule has 0 fully saturated rings. The number of aromatic nitrogens is 3. The van der Waals surface area contributed by atoms with E-state index in [9.17, 15) is 18.5 Å². The molecule has 0 bridgehead atoms. The van der Waals surface area contributed by atoms with Crippen LogP contribution in [0.2, 0.25) is 0 Å². The van der Waals surface area contributed by atoms with Gasteiger partial charge in [-0.3, -0.25) is 19.5 Å². The van der Waals surface area contributed by atoms with Crippen LogP contribution in [0.3, 0.4) is 0 Å². The van der Waals surface area contributed by atoms with Gasteiger partial charge in [0.15, 0.2) is 0 Å². The molecule has 0 radical (unpaired) electrons. The van der Waals surface area contributed by atoms with Gasteiger partial charge in [-0.2, -0.15) is 5.10 Å². The van der Waals surface area contributed by atoms with Crippen molar-refractivity contribution in [1.82, 2.24) is 14.8 Å². The summed E-state index contributed by atoms with van der Waals surface area (Å²) in [5.41, 5.74) is -0.218. The van der Waals surface area contributed by atoms with Crippen molar-refractivity contribution < 1.29 is 13.3 Å². The number of hydrogen-bond acceptors (Lipinski definition) is 6. The second-order valence-corrected chi connectivity index (χ2v) is 5.30. The molecule has 0 saturated carbocycles. The fraction of sp³-hybridized carbons (Fsp3) is 0.111. The van der Waals surface area contributed by atoms with Crippen molar-refractivity contribution in [3.8, 4) is 0 Å². The lowest BCUT2D eigenvalue weighted by Gasteiger charge is -2.04. The van der Waals surface area contributed by atoms with Crippen molar-refractivity contribution in [2.45, 2.75) is 4.90 Å². The first-order valence-electron chi connectivity index (χ1n) is 5.00. The molecule has 0 saturated heterocycles. The summed E-state index contributed by atoms with van der Waals surface area (Å²) in [6, 6.07) is 2.38. The Balaban J connectivity index is 2.23. The average molecular weight is 283 g/mol. The highest BCUT2D eigenvalue weighted by Gasteiger charge is 2.17. The van der Waals surface area contributed by atoms with Gasteiger partial charge in [0.05, 0.1) is 11.1 Å². The van der Waals surface area contributed by atoms with E-state index in [1.807, 2.05) is 0 Å². The van der Waals surface area contributed by atoms with Crippen molar-refractivity contribution in [3.05, 3.63) is 40.8 Å². The van der Waals surface area contributed by atoms with E-state index < -0.39 is 14.9 Å². The van der Waals surface area contributed by atoms with E-state index in [0.29, 0.717) is 0 Å². The number of anilines is 1. The fourth-order valence-electron chi connectivity index (χ4n) is 1.29. The maximum atomic E-state index is 11.9. The van der Waals surface area contributed by atoms with Crippen LogP contribution >= 0.6 is 0 Å². The average Bonchev–Trinajstić information content (AvgIpc) is 2.77. The molecule has 0 spiro atoms. The Morgan fingerprint density at radius 1 is 1.37 bits per heavy atom. The van der Waals surface area contributed by atoms with Crippen molar-refractivity contribution in [3.63, 3.8) is 0 Å². The van der Waals surface area contributed by atoms with E-state index in [4.69, 9.17) is 0 Å². The number of pyridine rings is 1. The molecule has 0 amide bonds. The van der Waals surface area contributed by atoms with Gasteiger partial charge < -0.3 is 0 Å². The summed E-state index contributed by atoms with van der Waals surface area (Å²) in [5, 5.41) is 14.2. The molecular formula is C9H9N5O4S. The molecule has 2 heterocycles. The normalized spacial score (nSPS) is 11.2. The van der Waals surface area contributed by atoms with Gasteiger partial charge in [0.2, 0.25) is 0 Å². The first-order chi connectivity index (χ1) is 8.88. The number of aryl methyl sites for hydroxylation is 1. The summed E-state index contributed by atoms with van der Waals surface area (Å²) >= 11 is 0. The molecule has 2 aromatic rings. The van der Waals surface area contributed by atoms with Crippen LogP contribution < -0.4 is 4.72 Å². The molecule has 9 nitrogen and oxygen atoms in total. The van der Waals surface area contributed by atoms with Crippen LogP contribution in [0.15, 0.2) is 35.6 Å². The number of nitrogens with zero attached hydrogens (tertiary/aromatic N) is 4. The highest BCUT2D eigenvalue weighted by molar-refractivity contribution is 7.92. The standard InChI is InChI=1S/C9H9N5O4S/c1-13-6-8(5-11-13)19(17,18)12-9-3-2-7(4-10-9)14(15)16/h2-6H,1H3,(H,10,12). The van der Waals surface area contributed by atoms with Crippen molar-refractivity contribution in [2.75, 3.05) is 4.72 Å². The van der Waals surface area contributed by atoms with Gasteiger partial charge in [0, 0.05) is 19.3 Å². The lowest BCUT2D eigenvalue weighted by molar-refractivity contribution is -0.385. The van der Waals surface area contributed by atoms with Crippen molar-refractivity contribution in [1.29, 1.82) is 0 Å². The fourth-order valence-corrected chi connectivity index (χ4v) is 2.28. The summed E-state index contributed by atoms with van der Waals surface area (Å²) in [6.45, 7) is 0. The van der Waals surface area contributed by atoms with E-state index in [0.717, 1.165) is 12.3 Å². The minimum absolute atomic E-state index is 0.00514. The largest absolute Gasteiger partial charge is 0.287 e. The molecule has 1 N–H and O–H groups in total. The minimum Gasteiger partial charge on any atom is -0.274 e. The quantitative estimate of drug-likeness (QED) is 0.645. The van der Waals surface area contributed by atoms with Crippen LogP contribution in [0.25, 0.3) is 0 Å². The molecule has 0 aliphatic rings. The van der Waals surface area contributed by atoms with E-state index in [2.05, 4.69) is 14.8 Å². The maximum Gasteiger partial charge on any atom is 0.287 e. The van der Waals surface area contributed by atoms with Gasteiger partial charge in [-0.05, 0) is 6.07 Å². The SMILES string of the molecule is Cn1cc(S(=O)(=O)Nc2ccc([N+](=O)[O-])cn2)cn1. The molecule has 2 rings (SSSR count). The van der Waals surface area contributed by atoms with Crippen LogP contribution in [-0.4, -0.2) is 28.1 Å². The Labute approximate surface area is 108 Å². The Bertz CT molecular complexity index is 706. The molecule has 0 aromatic carbocycles. The van der Waals surface area contributed by atoms with E-state index in [-0.39, 0.29) is 16.4 Å². The zero-order valence-electron chi connectivity index (χ0n) is 9.72. The van der Waals surface area contributed by atoms with Gasteiger partial charge in [0.25, 0.3) is 15.7 Å². The van der Waals surface area contributed by atoms with Crippen molar-refractivity contribution in [2.24, 2.45) is 7.05 Å². The monoisotopic (exact) mass is 283 g/mol. The van der Waals surface area contributed by atoms with Crippen molar-refractivity contribution >= 4 is 21.5 Å². The predicted molar refractivity (Wildman–Crippen MR) is 64.9 cm³/mol. The summed E-state index contributed by atoms with van der Waals surface area (Å²) < 4.78 is 27.3. The molecule has 0 aliphatic heterocycles. The molecular weight excluding hydrogens is 274 g/mol. The van der Waals surface area contributed by atoms with E-state index >= 15 is 0 Å². The lowest BCUT2D eigenvalue weighted by atomic mass is 10.4. The van der Waals surface area contributed by atoms with Gasteiger partial charge in [-0.15, -0.1) is 0 Å². The number of rotatable bonds is 4. The number of nitrogens with one attached hydrogen (secondary N) is 1. The molecule has 0 atom stereocenters. The Kier molecular flexibility index (Phi) is 3.17. The van der Waals surface area contributed by atoms with Crippen LogP contribution in [0, 0.1) is 10.1 Å². The van der Waals surface area contributed by atoms with E-state index in [1.54, 1.807) is 7.05 Å². The Morgan fingerprint density at radius 2 is 2.11 bits per heavy atom. The second kappa shape index (κ2) is 4.65. The van der Waals surface area contributed by atoms with Crippen LogP contribution in [0.1, 0.15) is 0 Å². The van der Waals surface area contributed by atoms with Gasteiger partial charge in [0.1, 0.15) is 16.9 Å². The number of nitro groups is 1. The summed E-state index contributed by atoms with van der Waals surface area (Å²) in [7, 11) is -2.20. The first kappa shape index (κ1) is 13.0. The summed E-state index contributed by atoms with van der Waals surface area (Å²) in [5.74, 6) is -0.00514. The minimum atomic E-state index is -3.79. The molecule has 0 aliphatic carbocycles. The smallest absolute Gasteiger partial charge is 0.274 e. The van der Waals surface area contributed by atoms with Gasteiger partial charge in [-0.1, -0.05) is 0 Å². The lowest BCUT2D eigenvalue weighted by Crippen LogP contribution is -2.13. The molecule has 2 aromatic heterocycles. The molecule has 0 unspecified atom stereocenters. The summed E-state index contributed by atoms with van der Waals surface area (Å²) in [6.07, 6.45) is 3.49. The zero-order valence-corrected chi connectivity index (χ0v) is 10.5. The third-order valence-electron chi connectivity index (χ3n) is 2.19. The highest BCUT2D eigenvalue weighted by atomic mass is 32.2. The van der Waals surface area contributed by atoms with Gasteiger partial charge in [-0.25, -0.2) is 13.4 Å². The Morgan fingerprint density at radius 3 is 2.58 bits per heavy atom. The van der Waals surface area contributed by atoms with E-state index in [1.165, 1.54) is 23.1 Å². The van der Waals surface area contributed by atoms with Crippen LogP contribution in [-0.2, 0) is 17.1 Å². The zero-order chi connectivity index (χ0) is 14.0. The summed E-state index contributed by atoms with van der Waals surface area (Å²) in [4.78, 5) is 13.5. The number of hydrogen-bond donors (Lipinski definition) is 1. The first-order valence-corrected chi connectivity index (χ1v) is 6.49. The molecule has 10 heteroatoms. The topological polar surface area (TPSA) is 120 Å². The molecule has 19 heavy (non-hydrogen) atoms. The van der Waals surface area contributed by atoms with Crippen LogP contribution in [0.4, 0.5) is 11.5 Å². The third-order valence-corrected chi connectivity index (χ3v) is 3.50. The predicted octanol–water partition coefficient (Wildman–Crippen LogP) is 0.524. The van der Waals surface area contributed by atoms with Gasteiger partial charge >= 0.3 is 0 Å². The maximum absolute atomic E-state index is 11.9. The highest BCUT2D eigenvalue weighted by Crippen LogP contribution is 2.16. The molecule has 100 valence electrons. The van der Waals surface area contributed by atoms with Crippen LogP contribution in [0.5, 0.6) is 0 Å². The second-order valence-electron chi connectivity index (χ2n) is 3.61. The number of sulfonamides is 1. The third kappa shape index (κ3) is 2.85. The Hall–Kier alpha value is -2.49.